The van der Waals surface area contributed by atoms with E-state index in [1.807, 2.05) is 0 Å². The number of nitro benzene ring substituents is 1. The first kappa shape index (κ1) is 12.1. The summed E-state index contributed by atoms with van der Waals surface area (Å²) in [6, 6.07) is 5.44. The Morgan fingerprint density at radius 3 is 2.62 bits per heavy atom. The zero-order valence-electron chi connectivity index (χ0n) is 9.03. The first-order chi connectivity index (χ1) is 7.34. The van der Waals surface area contributed by atoms with Gasteiger partial charge in [-0.15, -0.1) is 0 Å². The lowest BCUT2D eigenvalue weighted by Gasteiger charge is -2.14. The van der Waals surface area contributed by atoms with Crippen molar-refractivity contribution in [3.8, 4) is 6.07 Å². The minimum atomic E-state index is -0.665. The van der Waals surface area contributed by atoms with Gasteiger partial charge in [0, 0.05) is 6.07 Å². The molecule has 0 heterocycles. The topological polar surface area (TPSA) is 66.9 Å². The quantitative estimate of drug-likeness (QED) is 0.583. The second-order valence-corrected chi connectivity index (χ2v) is 4.25. The van der Waals surface area contributed by atoms with E-state index in [2.05, 4.69) is 6.07 Å². The van der Waals surface area contributed by atoms with Crippen molar-refractivity contribution < 1.29 is 9.31 Å². The summed E-state index contributed by atoms with van der Waals surface area (Å²) in [6.45, 7) is 3.40. The maximum atomic E-state index is 13.1. The van der Waals surface area contributed by atoms with Crippen LogP contribution in [0.4, 0.5) is 10.1 Å². The molecule has 0 aliphatic heterocycles. The van der Waals surface area contributed by atoms with Crippen molar-refractivity contribution >= 4 is 5.69 Å². The van der Waals surface area contributed by atoms with Gasteiger partial charge in [-0.25, -0.2) is 4.39 Å². The molecular weight excluding hydrogens is 211 g/mol. The van der Waals surface area contributed by atoms with Crippen LogP contribution in [-0.4, -0.2) is 4.92 Å². The Morgan fingerprint density at radius 2 is 2.12 bits per heavy atom. The highest BCUT2D eigenvalue weighted by molar-refractivity contribution is 5.36. The maximum Gasteiger partial charge on any atom is 0.272 e. The normalized spacial score (nSPS) is 10.9. The van der Waals surface area contributed by atoms with Crippen molar-refractivity contribution in [1.82, 2.24) is 0 Å². The Hall–Kier alpha value is -1.96. The standard InChI is InChI=1S/C11H11FN2O2/c1-11(2,7-13)6-8-3-9(12)5-10(4-8)14(15)16/h3-5H,6H2,1-2H3. The fourth-order valence-electron chi connectivity index (χ4n) is 1.39. The van der Waals surface area contributed by atoms with E-state index in [4.69, 9.17) is 5.26 Å². The molecule has 0 bridgehead atoms. The van der Waals surface area contributed by atoms with Crippen LogP contribution >= 0.6 is 0 Å². The molecule has 1 aromatic rings. The van der Waals surface area contributed by atoms with Crippen molar-refractivity contribution in [2.45, 2.75) is 20.3 Å². The molecule has 0 amide bonds. The Bertz CT molecular complexity index is 464. The summed E-state index contributed by atoms with van der Waals surface area (Å²) in [5.41, 5.74) is -0.497. The Morgan fingerprint density at radius 1 is 1.50 bits per heavy atom. The van der Waals surface area contributed by atoms with Crippen molar-refractivity contribution in [2.24, 2.45) is 5.41 Å². The molecule has 0 aromatic heterocycles. The predicted octanol–water partition coefficient (Wildman–Crippen LogP) is 2.83. The fraction of sp³-hybridized carbons (Fsp3) is 0.364. The zero-order valence-corrected chi connectivity index (χ0v) is 9.03. The summed E-state index contributed by atoms with van der Waals surface area (Å²) in [5.74, 6) is -0.655. The summed E-state index contributed by atoms with van der Waals surface area (Å²) in [4.78, 5) is 9.87. The fourth-order valence-corrected chi connectivity index (χ4v) is 1.39. The molecule has 5 heteroatoms. The second kappa shape index (κ2) is 4.27. The van der Waals surface area contributed by atoms with E-state index in [-0.39, 0.29) is 12.1 Å². The van der Waals surface area contributed by atoms with Crippen molar-refractivity contribution in [2.75, 3.05) is 0 Å². The van der Waals surface area contributed by atoms with E-state index in [9.17, 15) is 14.5 Å². The number of benzene rings is 1. The summed E-state index contributed by atoms with van der Waals surface area (Å²) < 4.78 is 13.1. The third-order valence-corrected chi connectivity index (χ3v) is 2.10. The second-order valence-electron chi connectivity index (χ2n) is 4.25. The summed E-state index contributed by atoms with van der Waals surface area (Å²) in [6.07, 6.45) is 0.280. The van der Waals surface area contributed by atoms with E-state index in [0.717, 1.165) is 6.07 Å². The van der Waals surface area contributed by atoms with Gasteiger partial charge in [-0.05, 0) is 31.9 Å². The average Bonchev–Trinajstić information content (AvgIpc) is 2.16. The van der Waals surface area contributed by atoms with E-state index >= 15 is 0 Å². The molecule has 4 nitrogen and oxygen atoms in total. The van der Waals surface area contributed by atoms with Crippen LogP contribution in [0.3, 0.4) is 0 Å². The molecule has 16 heavy (non-hydrogen) atoms. The summed E-state index contributed by atoms with van der Waals surface area (Å²) >= 11 is 0. The van der Waals surface area contributed by atoms with E-state index < -0.39 is 16.2 Å². The number of hydrogen-bond donors (Lipinski definition) is 0. The zero-order chi connectivity index (χ0) is 12.3. The van der Waals surface area contributed by atoms with Gasteiger partial charge in [0.05, 0.1) is 22.5 Å². The van der Waals surface area contributed by atoms with Crippen LogP contribution in [0.25, 0.3) is 0 Å². The highest BCUT2D eigenvalue weighted by Crippen LogP contribution is 2.24. The van der Waals surface area contributed by atoms with Gasteiger partial charge in [-0.2, -0.15) is 5.26 Å². The number of hydrogen-bond acceptors (Lipinski definition) is 3. The van der Waals surface area contributed by atoms with Crippen LogP contribution in [0.15, 0.2) is 18.2 Å². The largest absolute Gasteiger partial charge is 0.272 e. The van der Waals surface area contributed by atoms with Crippen molar-refractivity contribution in [1.29, 1.82) is 5.26 Å². The number of nitrogens with zero attached hydrogens (tertiary/aromatic N) is 2. The van der Waals surface area contributed by atoms with Gasteiger partial charge in [0.15, 0.2) is 0 Å². The van der Waals surface area contributed by atoms with E-state index in [1.165, 1.54) is 12.1 Å². The van der Waals surface area contributed by atoms with Gasteiger partial charge in [0.25, 0.3) is 5.69 Å². The van der Waals surface area contributed by atoms with Gasteiger partial charge < -0.3 is 0 Å². The van der Waals surface area contributed by atoms with Crippen molar-refractivity contribution in [3.63, 3.8) is 0 Å². The smallest absolute Gasteiger partial charge is 0.258 e. The lowest BCUT2D eigenvalue weighted by molar-refractivity contribution is -0.385. The number of nitriles is 1. The maximum absolute atomic E-state index is 13.1. The Balaban J connectivity index is 3.07. The number of halogens is 1. The third kappa shape index (κ3) is 3.02. The van der Waals surface area contributed by atoms with E-state index in [0.29, 0.717) is 5.56 Å². The summed E-state index contributed by atoms with van der Waals surface area (Å²) in [5, 5.41) is 19.3. The van der Waals surface area contributed by atoms with Crippen LogP contribution < -0.4 is 0 Å². The molecule has 84 valence electrons. The van der Waals surface area contributed by atoms with E-state index in [1.54, 1.807) is 13.8 Å². The minimum absolute atomic E-state index is 0.280. The number of rotatable bonds is 3. The molecule has 0 radical (unpaired) electrons. The van der Waals surface area contributed by atoms with Crippen LogP contribution in [0.1, 0.15) is 19.4 Å². The molecule has 0 fully saturated rings. The van der Waals surface area contributed by atoms with Gasteiger partial charge in [0.2, 0.25) is 0 Å². The molecular formula is C11H11FN2O2. The summed E-state index contributed by atoms with van der Waals surface area (Å²) in [7, 11) is 0. The molecule has 0 saturated heterocycles. The van der Waals surface area contributed by atoms with Gasteiger partial charge >= 0.3 is 0 Å². The van der Waals surface area contributed by atoms with Crippen LogP contribution in [-0.2, 0) is 6.42 Å². The van der Waals surface area contributed by atoms with Gasteiger partial charge in [-0.3, -0.25) is 10.1 Å². The van der Waals surface area contributed by atoms with Gasteiger partial charge in [-0.1, -0.05) is 0 Å². The highest BCUT2D eigenvalue weighted by atomic mass is 19.1. The van der Waals surface area contributed by atoms with Crippen LogP contribution in [0, 0.1) is 32.7 Å². The molecule has 0 aliphatic rings. The first-order valence-corrected chi connectivity index (χ1v) is 4.69. The van der Waals surface area contributed by atoms with Gasteiger partial charge in [0.1, 0.15) is 5.82 Å². The third-order valence-electron chi connectivity index (χ3n) is 2.10. The Labute approximate surface area is 92.5 Å². The lowest BCUT2D eigenvalue weighted by atomic mass is 9.87. The molecule has 0 saturated carbocycles. The number of non-ortho nitro benzene ring substituents is 1. The van der Waals surface area contributed by atoms with Crippen LogP contribution in [0.5, 0.6) is 0 Å². The molecule has 0 N–H and O–H groups in total. The molecule has 1 rings (SSSR count). The SMILES string of the molecule is CC(C)(C#N)Cc1cc(F)cc([N+](=O)[O-])c1. The monoisotopic (exact) mass is 222 g/mol. The highest BCUT2D eigenvalue weighted by Gasteiger charge is 2.19. The molecule has 0 aliphatic carbocycles. The molecule has 0 atom stereocenters. The molecule has 0 spiro atoms. The van der Waals surface area contributed by atoms with Crippen LogP contribution in [0.2, 0.25) is 0 Å². The Kier molecular flexibility index (Phi) is 3.23. The lowest BCUT2D eigenvalue weighted by Crippen LogP contribution is -2.12. The minimum Gasteiger partial charge on any atom is -0.258 e. The number of nitro groups is 1. The average molecular weight is 222 g/mol. The molecule has 0 unspecified atom stereocenters. The van der Waals surface area contributed by atoms with Crippen molar-refractivity contribution in [3.05, 3.63) is 39.7 Å². The molecule has 1 aromatic carbocycles. The predicted molar refractivity (Wildman–Crippen MR) is 56.2 cm³/mol. The first-order valence-electron chi connectivity index (χ1n) is 4.69.